The molecule has 0 radical (unpaired) electrons. The number of nitrogen functional groups attached to an aromatic ring is 1. The summed E-state index contributed by atoms with van der Waals surface area (Å²) < 4.78 is 0. The fraction of sp³-hybridized carbons (Fsp3) is 0.333. The van der Waals surface area contributed by atoms with Crippen LogP contribution in [0.5, 0.6) is 0 Å². The van der Waals surface area contributed by atoms with Crippen LogP contribution in [-0.2, 0) is 4.79 Å². The van der Waals surface area contributed by atoms with E-state index in [4.69, 9.17) is 11.5 Å². The van der Waals surface area contributed by atoms with Gasteiger partial charge in [-0.15, -0.1) is 0 Å². The summed E-state index contributed by atoms with van der Waals surface area (Å²) in [7, 11) is 3.39. The predicted molar refractivity (Wildman–Crippen MR) is 71.3 cm³/mol. The number of nitrogens with zero attached hydrogens (tertiary/aromatic N) is 1. The molecular formula is C12H18N4O2. The van der Waals surface area contributed by atoms with E-state index in [2.05, 4.69) is 5.32 Å². The van der Waals surface area contributed by atoms with Crippen molar-refractivity contribution in [3.05, 3.63) is 23.8 Å². The summed E-state index contributed by atoms with van der Waals surface area (Å²) in [5.41, 5.74) is 12.7. The Balaban J connectivity index is 2.84. The minimum Gasteiger partial charge on any atom is -0.397 e. The Morgan fingerprint density at radius 1 is 1.39 bits per heavy atom. The first-order valence-corrected chi connectivity index (χ1v) is 5.56. The first-order valence-electron chi connectivity index (χ1n) is 5.56. The maximum absolute atomic E-state index is 11.2. The van der Waals surface area contributed by atoms with Crippen LogP contribution in [0.3, 0.4) is 0 Å². The molecule has 0 spiro atoms. The zero-order chi connectivity index (χ0) is 13.7. The highest BCUT2D eigenvalue weighted by molar-refractivity contribution is 5.95. The van der Waals surface area contributed by atoms with Crippen LogP contribution in [0.1, 0.15) is 16.8 Å². The Hall–Kier alpha value is -2.24. The summed E-state index contributed by atoms with van der Waals surface area (Å²) in [5.74, 6) is -0.553. The van der Waals surface area contributed by atoms with Gasteiger partial charge in [0.05, 0.1) is 11.4 Å². The molecule has 18 heavy (non-hydrogen) atoms. The third-order valence-electron chi connectivity index (χ3n) is 2.68. The third-order valence-corrected chi connectivity index (χ3v) is 2.68. The van der Waals surface area contributed by atoms with Gasteiger partial charge in [-0.2, -0.15) is 0 Å². The van der Waals surface area contributed by atoms with Crippen molar-refractivity contribution < 1.29 is 9.59 Å². The van der Waals surface area contributed by atoms with Crippen molar-refractivity contribution in [2.45, 2.75) is 6.42 Å². The molecule has 6 nitrogen and oxygen atoms in total. The molecule has 0 saturated carbocycles. The molecule has 6 heteroatoms. The highest BCUT2D eigenvalue weighted by atomic mass is 16.1. The molecule has 0 aliphatic carbocycles. The summed E-state index contributed by atoms with van der Waals surface area (Å²) in [4.78, 5) is 24.1. The van der Waals surface area contributed by atoms with Crippen LogP contribution in [0.4, 0.5) is 11.4 Å². The van der Waals surface area contributed by atoms with Crippen molar-refractivity contribution in [1.29, 1.82) is 0 Å². The van der Waals surface area contributed by atoms with Crippen molar-refractivity contribution in [2.75, 3.05) is 31.3 Å². The first kappa shape index (κ1) is 13.8. The molecule has 5 N–H and O–H groups in total. The lowest BCUT2D eigenvalue weighted by Gasteiger charge is -2.21. The van der Waals surface area contributed by atoms with Gasteiger partial charge in [0.15, 0.2) is 0 Å². The van der Waals surface area contributed by atoms with Gasteiger partial charge in [0.2, 0.25) is 11.8 Å². The van der Waals surface area contributed by atoms with Crippen LogP contribution < -0.4 is 21.7 Å². The normalized spacial score (nSPS) is 9.89. The van der Waals surface area contributed by atoms with Crippen LogP contribution in [0, 0.1) is 0 Å². The summed E-state index contributed by atoms with van der Waals surface area (Å²) >= 11 is 0. The number of carbonyl (C=O) groups is 2. The number of primary amides is 1. The number of carbonyl (C=O) groups excluding carboxylic acids is 2. The minimum atomic E-state index is -0.504. The molecule has 0 fully saturated rings. The van der Waals surface area contributed by atoms with E-state index >= 15 is 0 Å². The van der Waals surface area contributed by atoms with Crippen LogP contribution in [0.25, 0.3) is 0 Å². The molecule has 1 rings (SSSR count). The van der Waals surface area contributed by atoms with Crippen LogP contribution >= 0.6 is 0 Å². The average molecular weight is 250 g/mol. The number of hydrogen-bond acceptors (Lipinski definition) is 4. The van der Waals surface area contributed by atoms with E-state index in [9.17, 15) is 9.59 Å². The monoisotopic (exact) mass is 250 g/mol. The first-order chi connectivity index (χ1) is 8.45. The van der Waals surface area contributed by atoms with Gasteiger partial charge in [0.25, 0.3) is 0 Å². The summed E-state index contributed by atoms with van der Waals surface area (Å²) in [6.07, 6.45) is 0.354. The van der Waals surface area contributed by atoms with E-state index in [0.29, 0.717) is 29.9 Å². The summed E-state index contributed by atoms with van der Waals surface area (Å²) in [6, 6.07) is 4.83. The lowest BCUT2D eigenvalue weighted by molar-refractivity contribution is -0.120. The molecule has 2 amide bonds. The SMILES string of the molecule is CNC(=O)CCN(C)c1cc(C(N)=O)ccc1N. The van der Waals surface area contributed by atoms with E-state index in [-0.39, 0.29) is 5.91 Å². The van der Waals surface area contributed by atoms with Gasteiger partial charge in [-0.05, 0) is 18.2 Å². The van der Waals surface area contributed by atoms with Crippen LogP contribution in [0.2, 0.25) is 0 Å². The molecule has 1 aromatic carbocycles. The fourth-order valence-corrected chi connectivity index (χ4v) is 1.54. The maximum atomic E-state index is 11.2. The van der Waals surface area contributed by atoms with E-state index in [1.165, 1.54) is 0 Å². The number of nitrogens with two attached hydrogens (primary N) is 2. The molecule has 0 bridgehead atoms. The van der Waals surface area contributed by atoms with Gasteiger partial charge in [0, 0.05) is 32.6 Å². The third kappa shape index (κ3) is 3.38. The Morgan fingerprint density at radius 3 is 2.61 bits per heavy atom. The van der Waals surface area contributed by atoms with Crippen molar-refractivity contribution >= 4 is 23.2 Å². The van der Waals surface area contributed by atoms with E-state index in [1.807, 2.05) is 4.90 Å². The summed E-state index contributed by atoms with van der Waals surface area (Å²) in [6.45, 7) is 0.506. The topological polar surface area (TPSA) is 101 Å². The van der Waals surface area contributed by atoms with Crippen molar-refractivity contribution in [1.82, 2.24) is 5.32 Å². The van der Waals surface area contributed by atoms with E-state index in [0.717, 1.165) is 0 Å². The number of rotatable bonds is 5. The lowest BCUT2D eigenvalue weighted by atomic mass is 10.1. The highest BCUT2D eigenvalue weighted by Crippen LogP contribution is 2.23. The maximum Gasteiger partial charge on any atom is 0.248 e. The molecule has 98 valence electrons. The molecule has 0 heterocycles. The Labute approximate surface area is 106 Å². The quantitative estimate of drug-likeness (QED) is 0.637. The van der Waals surface area contributed by atoms with Crippen molar-refractivity contribution in [2.24, 2.45) is 5.73 Å². The smallest absolute Gasteiger partial charge is 0.248 e. The highest BCUT2D eigenvalue weighted by Gasteiger charge is 2.10. The Morgan fingerprint density at radius 2 is 2.06 bits per heavy atom. The molecule has 0 saturated heterocycles. The zero-order valence-corrected chi connectivity index (χ0v) is 10.6. The lowest BCUT2D eigenvalue weighted by Crippen LogP contribution is -2.27. The van der Waals surface area contributed by atoms with Crippen molar-refractivity contribution in [3.8, 4) is 0 Å². The zero-order valence-electron chi connectivity index (χ0n) is 10.6. The Bertz CT molecular complexity index is 459. The molecule has 0 aliphatic rings. The van der Waals surface area contributed by atoms with Crippen LogP contribution in [0.15, 0.2) is 18.2 Å². The largest absolute Gasteiger partial charge is 0.397 e. The molecule has 0 unspecified atom stereocenters. The van der Waals surface area contributed by atoms with Gasteiger partial charge in [-0.25, -0.2) is 0 Å². The second kappa shape index (κ2) is 5.90. The fourth-order valence-electron chi connectivity index (χ4n) is 1.54. The molecule has 0 aliphatic heterocycles. The van der Waals surface area contributed by atoms with Gasteiger partial charge < -0.3 is 21.7 Å². The van der Waals surface area contributed by atoms with Crippen molar-refractivity contribution in [3.63, 3.8) is 0 Å². The minimum absolute atomic E-state index is 0.0496. The van der Waals surface area contributed by atoms with E-state index < -0.39 is 5.91 Å². The number of anilines is 2. The number of nitrogens with one attached hydrogen (secondary N) is 1. The molecule has 0 atom stereocenters. The number of amides is 2. The summed E-state index contributed by atoms with van der Waals surface area (Å²) in [5, 5.41) is 2.55. The van der Waals surface area contributed by atoms with Gasteiger partial charge in [-0.3, -0.25) is 9.59 Å². The predicted octanol–water partition coefficient (Wildman–Crippen LogP) is -0.0600. The van der Waals surface area contributed by atoms with Gasteiger partial charge in [0.1, 0.15) is 0 Å². The number of hydrogen-bond donors (Lipinski definition) is 3. The van der Waals surface area contributed by atoms with Gasteiger partial charge >= 0.3 is 0 Å². The average Bonchev–Trinajstić information content (AvgIpc) is 2.35. The van der Waals surface area contributed by atoms with E-state index in [1.54, 1.807) is 32.3 Å². The molecular weight excluding hydrogens is 232 g/mol. The molecule has 0 aromatic heterocycles. The second-order valence-electron chi connectivity index (χ2n) is 3.98. The van der Waals surface area contributed by atoms with Gasteiger partial charge in [-0.1, -0.05) is 0 Å². The second-order valence-corrected chi connectivity index (χ2v) is 3.98. The molecule has 1 aromatic rings. The standard InChI is InChI=1S/C12H18N4O2/c1-15-11(17)5-6-16(2)10-7-8(12(14)18)3-4-9(10)13/h3-4,7H,5-6,13H2,1-2H3,(H2,14,18)(H,15,17). The number of benzene rings is 1. The Kier molecular flexibility index (Phi) is 4.53. The van der Waals surface area contributed by atoms with Crippen LogP contribution in [-0.4, -0.2) is 32.5 Å².